The zero-order valence-corrected chi connectivity index (χ0v) is 20.3. The second kappa shape index (κ2) is 11.2. The molecule has 1 atom stereocenters. The van der Waals surface area contributed by atoms with Crippen molar-refractivity contribution in [3.63, 3.8) is 0 Å². The summed E-state index contributed by atoms with van der Waals surface area (Å²) in [4.78, 5) is 43.4. The number of rotatable bonds is 9. The van der Waals surface area contributed by atoms with Gasteiger partial charge < -0.3 is 15.3 Å². The van der Waals surface area contributed by atoms with Gasteiger partial charge in [-0.05, 0) is 73.6 Å². The molecule has 0 bridgehead atoms. The molecule has 0 unspecified atom stereocenters. The molecule has 0 saturated heterocycles. The number of amides is 2. The number of carboxylic acids is 1. The maximum absolute atomic E-state index is 13.1. The Morgan fingerprint density at radius 2 is 1.62 bits per heavy atom. The van der Waals surface area contributed by atoms with Gasteiger partial charge >= 0.3 is 5.97 Å². The van der Waals surface area contributed by atoms with Crippen molar-refractivity contribution in [1.82, 2.24) is 5.06 Å². The number of hydroxylamine groups is 2. The molecule has 2 N–H and O–H groups in total. The van der Waals surface area contributed by atoms with Crippen LogP contribution >= 0.6 is 0 Å². The highest BCUT2D eigenvalue weighted by Gasteiger charge is 2.38. The third kappa shape index (κ3) is 6.59. The van der Waals surface area contributed by atoms with Crippen LogP contribution in [0.2, 0.25) is 0 Å². The maximum atomic E-state index is 13.1. The lowest BCUT2D eigenvalue weighted by Gasteiger charge is -2.32. The van der Waals surface area contributed by atoms with Gasteiger partial charge in [-0.25, -0.2) is 4.79 Å². The van der Waals surface area contributed by atoms with E-state index in [-0.39, 0.29) is 30.1 Å². The number of aliphatic carboxylic acids is 1. The highest BCUT2D eigenvalue weighted by molar-refractivity contribution is 5.92. The van der Waals surface area contributed by atoms with Gasteiger partial charge in [-0.2, -0.15) is 5.06 Å². The molecule has 1 aliphatic carbocycles. The quantitative estimate of drug-likeness (QED) is 0.512. The van der Waals surface area contributed by atoms with Gasteiger partial charge in [0.15, 0.2) is 11.8 Å². The Labute approximate surface area is 201 Å². The van der Waals surface area contributed by atoms with Crippen LogP contribution in [0.3, 0.4) is 0 Å². The van der Waals surface area contributed by atoms with Crippen LogP contribution < -0.4 is 10.2 Å². The molecular formula is C27H34N2O5. The normalized spacial score (nSPS) is 14.6. The van der Waals surface area contributed by atoms with Crippen LogP contribution in [0.15, 0.2) is 42.5 Å². The Bertz CT molecular complexity index is 1010. The fourth-order valence-corrected chi connectivity index (χ4v) is 4.47. The molecule has 0 aliphatic heterocycles. The maximum Gasteiger partial charge on any atom is 0.330 e. The summed E-state index contributed by atoms with van der Waals surface area (Å²) in [5, 5.41) is 13.7. The number of hydrogen-bond acceptors (Lipinski definition) is 4. The molecule has 1 aliphatic rings. The monoisotopic (exact) mass is 466 g/mol. The fourth-order valence-electron chi connectivity index (χ4n) is 4.47. The summed E-state index contributed by atoms with van der Waals surface area (Å²) in [5.74, 6) is -1.69. The second-order valence-corrected chi connectivity index (χ2v) is 9.51. The molecular weight excluding hydrogens is 432 g/mol. The van der Waals surface area contributed by atoms with Gasteiger partial charge in [0.2, 0.25) is 5.91 Å². The summed E-state index contributed by atoms with van der Waals surface area (Å²) >= 11 is 0. The highest BCUT2D eigenvalue weighted by Crippen LogP contribution is 2.29. The summed E-state index contributed by atoms with van der Waals surface area (Å²) in [5.41, 5.74) is 3.70. The molecule has 7 heteroatoms. The molecule has 1 saturated carbocycles. The van der Waals surface area contributed by atoms with Gasteiger partial charge in [-0.1, -0.05) is 44.9 Å². The van der Waals surface area contributed by atoms with Gasteiger partial charge in [0.05, 0.1) is 6.42 Å². The lowest BCUT2D eigenvalue weighted by Crippen LogP contribution is -2.51. The van der Waals surface area contributed by atoms with Crippen molar-refractivity contribution in [1.29, 1.82) is 0 Å². The Balaban J connectivity index is 1.70. The summed E-state index contributed by atoms with van der Waals surface area (Å²) in [7, 11) is 0. The van der Waals surface area contributed by atoms with E-state index in [4.69, 9.17) is 4.84 Å². The first-order chi connectivity index (χ1) is 16.1. The van der Waals surface area contributed by atoms with Crippen molar-refractivity contribution in [3.05, 3.63) is 59.2 Å². The first kappa shape index (κ1) is 25.3. The Hall–Kier alpha value is -3.35. The van der Waals surface area contributed by atoms with Crippen molar-refractivity contribution in [2.75, 3.05) is 5.32 Å². The molecule has 2 aromatic carbocycles. The largest absolute Gasteiger partial charge is 0.480 e. The molecule has 34 heavy (non-hydrogen) atoms. The molecule has 1 fully saturated rings. The zero-order valence-electron chi connectivity index (χ0n) is 20.3. The smallest absolute Gasteiger partial charge is 0.330 e. The van der Waals surface area contributed by atoms with Crippen LogP contribution in [0.25, 0.3) is 0 Å². The predicted molar refractivity (Wildman–Crippen MR) is 130 cm³/mol. The third-order valence-corrected chi connectivity index (χ3v) is 6.06. The van der Waals surface area contributed by atoms with E-state index in [1.54, 1.807) is 38.1 Å². The first-order valence-electron chi connectivity index (χ1n) is 11.8. The van der Waals surface area contributed by atoms with Gasteiger partial charge in [-0.3, -0.25) is 9.59 Å². The SMILES string of the molecule is Cc1cc(C)cc(NC(=O)Cc2ccc(ON(C(=O)C3CCCC3)[C@@H](C(=O)O)C(C)C)cc2)c1. The minimum Gasteiger partial charge on any atom is -0.480 e. The van der Waals surface area contributed by atoms with Crippen LogP contribution in [0, 0.1) is 25.7 Å². The number of carbonyl (C=O) groups is 3. The fraction of sp³-hybridized carbons (Fsp3) is 0.444. The van der Waals surface area contributed by atoms with Crippen LogP contribution in [-0.2, 0) is 20.8 Å². The number of benzene rings is 2. The zero-order chi connectivity index (χ0) is 24.8. The summed E-state index contributed by atoms with van der Waals surface area (Å²) in [6.07, 6.45) is 3.60. The van der Waals surface area contributed by atoms with Gasteiger partial charge in [-0.15, -0.1) is 0 Å². The van der Waals surface area contributed by atoms with Crippen molar-refractivity contribution >= 4 is 23.5 Å². The van der Waals surface area contributed by atoms with Crippen molar-refractivity contribution in [2.24, 2.45) is 11.8 Å². The van der Waals surface area contributed by atoms with Crippen LogP contribution in [-0.4, -0.2) is 34.0 Å². The molecule has 3 rings (SSSR count). The third-order valence-electron chi connectivity index (χ3n) is 6.06. The Morgan fingerprint density at radius 3 is 2.15 bits per heavy atom. The molecule has 0 radical (unpaired) electrons. The van der Waals surface area contributed by atoms with E-state index in [0.29, 0.717) is 5.75 Å². The van der Waals surface area contributed by atoms with E-state index in [0.717, 1.165) is 53.1 Å². The topological polar surface area (TPSA) is 95.9 Å². The van der Waals surface area contributed by atoms with Crippen molar-refractivity contribution in [3.8, 4) is 5.75 Å². The molecule has 2 amide bonds. The van der Waals surface area contributed by atoms with Gasteiger partial charge in [0.25, 0.3) is 5.91 Å². The lowest BCUT2D eigenvalue weighted by molar-refractivity contribution is -0.184. The van der Waals surface area contributed by atoms with Crippen molar-refractivity contribution < 1.29 is 24.3 Å². The predicted octanol–water partition coefficient (Wildman–Crippen LogP) is 4.91. The summed E-state index contributed by atoms with van der Waals surface area (Å²) < 4.78 is 0. The van der Waals surface area contributed by atoms with Gasteiger partial charge in [0.1, 0.15) is 0 Å². The van der Waals surface area contributed by atoms with Gasteiger partial charge in [0, 0.05) is 11.6 Å². The number of carboxylic acid groups (broad SMARTS) is 1. The Morgan fingerprint density at radius 1 is 1.03 bits per heavy atom. The summed E-state index contributed by atoms with van der Waals surface area (Å²) in [6.45, 7) is 7.48. The number of hydrogen-bond donors (Lipinski definition) is 2. The standard InChI is InChI=1S/C27H34N2O5/c1-17(2)25(27(32)33)29(26(31)21-7-5-6-8-21)34-23-11-9-20(10-12-23)16-24(30)28-22-14-18(3)13-19(4)15-22/h9-15,17,21,25H,5-8,16H2,1-4H3,(H,28,30)(H,32,33)/t25-/m1/s1. The molecule has 0 spiro atoms. The van der Waals surface area contributed by atoms with E-state index in [9.17, 15) is 19.5 Å². The van der Waals surface area contributed by atoms with Crippen LogP contribution in [0.5, 0.6) is 5.75 Å². The minimum atomic E-state index is -1.10. The van der Waals surface area contributed by atoms with E-state index >= 15 is 0 Å². The number of nitrogens with one attached hydrogen (secondary N) is 1. The van der Waals surface area contributed by atoms with E-state index in [1.807, 2.05) is 32.0 Å². The molecule has 0 heterocycles. The highest BCUT2D eigenvalue weighted by atomic mass is 16.7. The molecule has 0 aromatic heterocycles. The number of nitrogens with zero attached hydrogens (tertiary/aromatic N) is 1. The number of carbonyl (C=O) groups excluding carboxylic acids is 2. The molecule has 7 nitrogen and oxygen atoms in total. The van der Waals surface area contributed by atoms with E-state index in [1.165, 1.54) is 0 Å². The van der Waals surface area contributed by atoms with Crippen molar-refractivity contribution in [2.45, 2.75) is 65.8 Å². The first-order valence-corrected chi connectivity index (χ1v) is 11.8. The number of aryl methyl sites for hydroxylation is 2. The average molecular weight is 467 g/mol. The van der Waals surface area contributed by atoms with Crippen LogP contribution in [0.4, 0.5) is 5.69 Å². The Kier molecular flexibility index (Phi) is 8.31. The number of anilines is 1. The van der Waals surface area contributed by atoms with E-state index in [2.05, 4.69) is 5.32 Å². The molecule has 2 aromatic rings. The second-order valence-electron chi connectivity index (χ2n) is 9.51. The lowest BCUT2D eigenvalue weighted by atomic mass is 10.0. The van der Waals surface area contributed by atoms with E-state index < -0.39 is 12.0 Å². The minimum absolute atomic E-state index is 0.137. The average Bonchev–Trinajstić information content (AvgIpc) is 3.27. The molecule has 182 valence electrons. The van der Waals surface area contributed by atoms with Crippen LogP contribution in [0.1, 0.15) is 56.2 Å². The summed E-state index contributed by atoms with van der Waals surface area (Å²) in [6, 6.07) is 11.6.